The van der Waals surface area contributed by atoms with Crippen molar-refractivity contribution in [2.75, 3.05) is 19.8 Å². The van der Waals surface area contributed by atoms with E-state index >= 15 is 0 Å². The fourth-order valence-corrected chi connectivity index (χ4v) is 1.59. The summed E-state index contributed by atoms with van der Waals surface area (Å²) in [4.78, 5) is 0. The predicted molar refractivity (Wildman–Crippen MR) is 57.5 cm³/mol. The normalized spacial score (nSPS) is 17.9. The average molecular weight is 225 g/mol. The summed E-state index contributed by atoms with van der Waals surface area (Å²) in [5.74, 6) is 1.27. The van der Waals surface area contributed by atoms with Gasteiger partial charge in [-0.05, 0) is 17.7 Å². The van der Waals surface area contributed by atoms with Crippen molar-refractivity contribution < 1.29 is 19.7 Å². The van der Waals surface area contributed by atoms with Crippen LogP contribution in [-0.4, -0.2) is 36.1 Å². The van der Waals surface area contributed by atoms with Crippen molar-refractivity contribution in [1.82, 2.24) is 0 Å². The van der Waals surface area contributed by atoms with E-state index in [1.807, 2.05) is 0 Å². The van der Waals surface area contributed by atoms with Crippen LogP contribution in [0.25, 0.3) is 0 Å². The molecule has 0 aliphatic carbocycles. The van der Waals surface area contributed by atoms with Gasteiger partial charge in [-0.15, -0.1) is 0 Å². The van der Waals surface area contributed by atoms with Crippen LogP contribution >= 0.6 is 0 Å². The van der Waals surface area contributed by atoms with Crippen molar-refractivity contribution >= 4 is 0 Å². The first-order valence-electron chi connectivity index (χ1n) is 5.16. The van der Waals surface area contributed by atoms with Gasteiger partial charge in [0.25, 0.3) is 0 Å². The molecule has 0 saturated heterocycles. The van der Waals surface area contributed by atoms with Crippen molar-refractivity contribution in [3.63, 3.8) is 0 Å². The van der Waals surface area contributed by atoms with Gasteiger partial charge < -0.3 is 25.4 Å². The van der Waals surface area contributed by atoms with E-state index < -0.39 is 12.1 Å². The summed E-state index contributed by atoms with van der Waals surface area (Å²) < 4.78 is 10.7. The molecule has 4 N–H and O–H groups in total. The molecule has 1 aromatic carbocycles. The van der Waals surface area contributed by atoms with Crippen LogP contribution in [0.2, 0.25) is 0 Å². The van der Waals surface area contributed by atoms with Crippen LogP contribution in [0.1, 0.15) is 11.7 Å². The number of ether oxygens (including phenoxy) is 2. The highest BCUT2D eigenvalue weighted by Gasteiger charge is 2.19. The van der Waals surface area contributed by atoms with Crippen LogP contribution in [0.5, 0.6) is 11.5 Å². The lowest BCUT2D eigenvalue weighted by molar-refractivity contribution is 0.108. The van der Waals surface area contributed by atoms with E-state index in [0.717, 1.165) is 0 Å². The third-order valence-electron chi connectivity index (χ3n) is 2.52. The Labute approximate surface area is 93.4 Å². The smallest absolute Gasteiger partial charge is 0.161 e. The lowest BCUT2D eigenvalue weighted by Crippen LogP contribution is -2.32. The summed E-state index contributed by atoms with van der Waals surface area (Å²) in [7, 11) is 0. The molecule has 1 aromatic rings. The first-order valence-corrected chi connectivity index (χ1v) is 5.16. The summed E-state index contributed by atoms with van der Waals surface area (Å²) in [5.41, 5.74) is 6.17. The number of nitrogens with two attached hydrogens (primary N) is 1. The van der Waals surface area contributed by atoms with Gasteiger partial charge in [0.15, 0.2) is 11.5 Å². The zero-order valence-corrected chi connectivity index (χ0v) is 8.80. The molecular formula is C11H15NO4. The van der Waals surface area contributed by atoms with Crippen molar-refractivity contribution in [3.05, 3.63) is 23.8 Å². The quantitative estimate of drug-likeness (QED) is 0.664. The van der Waals surface area contributed by atoms with Crippen LogP contribution in [0.3, 0.4) is 0 Å². The molecule has 2 atom stereocenters. The van der Waals surface area contributed by atoms with E-state index in [1.54, 1.807) is 18.2 Å². The predicted octanol–water partition coefficient (Wildman–Crippen LogP) is -0.189. The Morgan fingerprint density at radius 3 is 2.62 bits per heavy atom. The molecule has 1 aliphatic heterocycles. The number of aliphatic hydroxyl groups is 2. The highest BCUT2D eigenvalue weighted by atomic mass is 16.6. The van der Waals surface area contributed by atoms with Gasteiger partial charge in [-0.1, -0.05) is 6.07 Å². The zero-order valence-electron chi connectivity index (χ0n) is 8.80. The third-order valence-corrected chi connectivity index (χ3v) is 2.52. The Kier molecular flexibility index (Phi) is 3.28. The molecule has 0 unspecified atom stereocenters. The molecule has 0 spiro atoms. The van der Waals surface area contributed by atoms with Gasteiger partial charge >= 0.3 is 0 Å². The van der Waals surface area contributed by atoms with Crippen LogP contribution in [-0.2, 0) is 0 Å². The molecule has 0 radical (unpaired) electrons. The zero-order chi connectivity index (χ0) is 11.5. The minimum atomic E-state index is -0.902. The molecule has 2 rings (SSSR count). The Bertz CT molecular complexity index is 369. The second-order valence-corrected chi connectivity index (χ2v) is 3.69. The van der Waals surface area contributed by atoms with Crippen LogP contribution in [0.4, 0.5) is 0 Å². The average Bonchev–Trinajstić information content (AvgIpc) is 2.36. The van der Waals surface area contributed by atoms with Gasteiger partial charge in [-0.25, -0.2) is 0 Å². The monoisotopic (exact) mass is 225 g/mol. The van der Waals surface area contributed by atoms with Gasteiger partial charge in [0.2, 0.25) is 0 Å². The molecule has 0 fully saturated rings. The van der Waals surface area contributed by atoms with E-state index in [-0.39, 0.29) is 6.61 Å². The SMILES string of the molecule is N[C@H](CO)[C@H](O)c1ccc2c(c1)OCCO2. The Morgan fingerprint density at radius 1 is 1.25 bits per heavy atom. The third kappa shape index (κ3) is 2.11. The molecule has 5 nitrogen and oxygen atoms in total. The van der Waals surface area contributed by atoms with Gasteiger partial charge in [-0.2, -0.15) is 0 Å². The van der Waals surface area contributed by atoms with Crippen molar-refractivity contribution in [2.45, 2.75) is 12.1 Å². The Morgan fingerprint density at radius 2 is 1.94 bits per heavy atom. The van der Waals surface area contributed by atoms with E-state index in [4.69, 9.17) is 20.3 Å². The van der Waals surface area contributed by atoms with Crippen LogP contribution < -0.4 is 15.2 Å². The molecule has 88 valence electrons. The van der Waals surface area contributed by atoms with Gasteiger partial charge in [0.05, 0.1) is 18.8 Å². The Hall–Kier alpha value is -1.30. The molecule has 0 saturated carbocycles. The Balaban J connectivity index is 2.22. The van der Waals surface area contributed by atoms with Gasteiger partial charge in [0.1, 0.15) is 13.2 Å². The van der Waals surface area contributed by atoms with Gasteiger partial charge in [0, 0.05) is 0 Å². The van der Waals surface area contributed by atoms with Crippen LogP contribution in [0.15, 0.2) is 18.2 Å². The lowest BCUT2D eigenvalue weighted by atomic mass is 10.0. The first-order chi connectivity index (χ1) is 7.72. The minimum Gasteiger partial charge on any atom is -0.486 e. The minimum absolute atomic E-state index is 0.268. The van der Waals surface area contributed by atoms with Crippen molar-refractivity contribution in [1.29, 1.82) is 0 Å². The van der Waals surface area contributed by atoms with E-state index in [2.05, 4.69) is 0 Å². The van der Waals surface area contributed by atoms with Crippen molar-refractivity contribution in [3.8, 4) is 11.5 Å². The summed E-state index contributed by atoms with van der Waals surface area (Å²) in [6.45, 7) is 0.763. The van der Waals surface area contributed by atoms with E-state index in [0.29, 0.717) is 30.3 Å². The number of hydrogen-bond acceptors (Lipinski definition) is 5. The van der Waals surface area contributed by atoms with Gasteiger partial charge in [-0.3, -0.25) is 0 Å². The molecule has 1 aliphatic rings. The molecule has 0 aromatic heterocycles. The number of rotatable bonds is 3. The molecule has 0 amide bonds. The summed E-state index contributed by atoms with van der Waals surface area (Å²) in [6, 6.07) is 4.45. The lowest BCUT2D eigenvalue weighted by Gasteiger charge is -2.21. The topological polar surface area (TPSA) is 84.9 Å². The highest BCUT2D eigenvalue weighted by Crippen LogP contribution is 2.32. The number of hydrogen-bond donors (Lipinski definition) is 3. The fourth-order valence-electron chi connectivity index (χ4n) is 1.59. The summed E-state index contributed by atoms with van der Waals surface area (Å²) >= 11 is 0. The maximum Gasteiger partial charge on any atom is 0.161 e. The maximum absolute atomic E-state index is 9.81. The summed E-state index contributed by atoms with van der Waals surface area (Å²) in [6.07, 6.45) is -0.902. The number of aliphatic hydroxyl groups excluding tert-OH is 2. The molecule has 1 heterocycles. The van der Waals surface area contributed by atoms with Crippen LogP contribution in [0, 0.1) is 0 Å². The highest BCUT2D eigenvalue weighted by molar-refractivity contribution is 5.44. The second-order valence-electron chi connectivity index (χ2n) is 3.69. The summed E-state index contributed by atoms with van der Waals surface area (Å²) in [5, 5.41) is 18.7. The van der Waals surface area contributed by atoms with Crippen molar-refractivity contribution in [2.24, 2.45) is 5.73 Å². The molecular weight excluding hydrogens is 210 g/mol. The van der Waals surface area contributed by atoms with E-state index in [9.17, 15) is 5.11 Å². The van der Waals surface area contributed by atoms with E-state index in [1.165, 1.54) is 0 Å². The first kappa shape index (κ1) is 11.2. The molecule has 5 heteroatoms. The molecule has 16 heavy (non-hydrogen) atoms. The fraction of sp³-hybridized carbons (Fsp3) is 0.455. The second kappa shape index (κ2) is 4.69. The number of fused-ring (bicyclic) bond motifs is 1. The standard InChI is InChI=1S/C11H15NO4/c12-8(6-13)11(14)7-1-2-9-10(5-7)16-4-3-15-9/h1-2,5,8,11,13-14H,3-4,6,12H2/t8-,11-/m1/s1. The maximum atomic E-state index is 9.81. The largest absolute Gasteiger partial charge is 0.486 e. The number of benzene rings is 1. The molecule has 0 bridgehead atoms.